The molecular weight excluding hydrogens is 238 g/mol. The first-order valence-corrected chi connectivity index (χ1v) is 7.67. The van der Waals surface area contributed by atoms with Gasteiger partial charge in [-0.15, -0.1) is 0 Å². The molecule has 0 aromatic heterocycles. The van der Waals surface area contributed by atoms with E-state index in [0.29, 0.717) is 11.2 Å². The van der Waals surface area contributed by atoms with Crippen LogP contribution in [0.4, 0.5) is 0 Å². The first-order chi connectivity index (χ1) is 8.84. The lowest BCUT2D eigenvalue weighted by Crippen LogP contribution is -2.60. The summed E-state index contributed by atoms with van der Waals surface area (Å²) in [6.45, 7) is 9.77. The molecule has 1 amide bonds. The average molecular weight is 265 g/mol. The molecule has 0 radical (unpaired) electrons. The predicted molar refractivity (Wildman–Crippen MR) is 75.7 cm³/mol. The summed E-state index contributed by atoms with van der Waals surface area (Å²) in [5.41, 5.74) is 0.346. The number of carbonyl (C=O) groups excluding carboxylic acids is 2. The maximum Gasteiger partial charge on any atom is 0.225 e. The average Bonchev–Trinajstić information content (AvgIpc) is 2.34. The zero-order valence-corrected chi connectivity index (χ0v) is 12.7. The van der Waals surface area contributed by atoms with Gasteiger partial charge >= 0.3 is 0 Å². The van der Waals surface area contributed by atoms with Crippen LogP contribution >= 0.6 is 0 Å². The van der Waals surface area contributed by atoms with Crippen molar-refractivity contribution in [3.63, 3.8) is 0 Å². The van der Waals surface area contributed by atoms with Crippen molar-refractivity contribution in [2.75, 3.05) is 13.1 Å². The van der Waals surface area contributed by atoms with E-state index in [1.165, 1.54) is 0 Å². The van der Waals surface area contributed by atoms with Crippen LogP contribution in [0.15, 0.2) is 0 Å². The van der Waals surface area contributed by atoms with E-state index in [-0.39, 0.29) is 23.7 Å². The van der Waals surface area contributed by atoms with Gasteiger partial charge in [0.05, 0.1) is 0 Å². The van der Waals surface area contributed by atoms with Gasteiger partial charge in [-0.05, 0) is 25.7 Å². The highest BCUT2D eigenvalue weighted by atomic mass is 16.2. The molecule has 1 aliphatic heterocycles. The molecule has 1 aliphatic carbocycles. The number of hydrogen-bond donors (Lipinski definition) is 0. The number of likely N-dealkylation sites (tertiary alicyclic amines) is 1. The molecule has 0 N–H and O–H groups in total. The molecule has 0 unspecified atom stereocenters. The highest BCUT2D eigenvalue weighted by Crippen LogP contribution is 2.46. The molecule has 0 aromatic rings. The van der Waals surface area contributed by atoms with Crippen molar-refractivity contribution in [3.05, 3.63) is 0 Å². The van der Waals surface area contributed by atoms with Crippen molar-refractivity contribution in [1.29, 1.82) is 0 Å². The topological polar surface area (TPSA) is 37.4 Å². The second kappa shape index (κ2) is 5.26. The monoisotopic (exact) mass is 265 g/mol. The number of nitrogens with zero attached hydrogens (tertiary/aromatic N) is 1. The molecule has 0 aromatic carbocycles. The smallest absolute Gasteiger partial charge is 0.225 e. The Morgan fingerprint density at radius 2 is 1.53 bits per heavy atom. The lowest BCUT2D eigenvalue weighted by Gasteiger charge is -2.54. The Morgan fingerprint density at radius 1 is 1.00 bits per heavy atom. The van der Waals surface area contributed by atoms with E-state index >= 15 is 0 Å². The normalized spacial score (nSPS) is 22.9. The standard InChI is InChI=1S/C16H27NO2/c1-11(2)14(18)13-5-7-16(8-6-13)9-17(10-16)15(19)12(3)4/h11-13H,5-10H2,1-4H3. The Morgan fingerprint density at radius 3 is 1.95 bits per heavy atom. The fourth-order valence-corrected chi connectivity index (χ4v) is 3.59. The molecule has 2 rings (SSSR count). The van der Waals surface area contributed by atoms with Crippen LogP contribution in [0.2, 0.25) is 0 Å². The second-order valence-electron chi connectivity index (χ2n) is 7.18. The van der Waals surface area contributed by atoms with Gasteiger partial charge in [0.2, 0.25) is 5.91 Å². The van der Waals surface area contributed by atoms with Gasteiger partial charge in [0.1, 0.15) is 5.78 Å². The Balaban J connectivity index is 1.82. The SMILES string of the molecule is CC(C)C(=O)C1CCC2(CC1)CN(C(=O)C(C)C)C2. The maximum absolute atomic E-state index is 12.0. The zero-order valence-electron chi connectivity index (χ0n) is 12.7. The van der Waals surface area contributed by atoms with Gasteiger partial charge in [-0.25, -0.2) is 0 Å². The first-order valence-electron chi connectivity index (χ1n) is 7.67. The van der Waals surface area contributed by atoms with Crippen molar-refractivity contribution in [2.45, 2.75) is 53.4 Å². The minimum atomic E-state index is 0.108. The molecule has 0 bridgehead atoms. The molecule has 1 heterocycles. The molecule has 3 heteroatoms. The summed E-state index contributed by atoms with van der Waals surface area (Å²) >= 11 is 0. The van der Waals surface area contributed by atoms with Crippen LogP contribution in [0.5, 0.6) is 0 Å². The molecule has 0 atom stereocenters. The van der Waals surface area contributed by atoms with E-state index in [2.05, 4.69) is 0 Å². The summed E-state index contributed by atoms with van der Waals surface area (Å²) in [4.78, 5) is 25.9. The summed E-state index contributed by atoms with van der Waals surface area (Å²) in [5.74, 6) is 1.27. The minimum absolute atomic E-state index is 0.108. The van der Waals surface area contributed by atoms with E-state index in [1.54, 1.807) is 0 Å². The molecule has 19 heavy (non-hydrogen) atoms. The Kier molecular flexibility index (Phi) is 4.03. The Labute approximate surface area is 116 Å². The van der Waals surface area contributed by atoms with Crippen LogP contribution in [0.3, 0.4) is 0 Å². The number of amides is 1. The molecule has 3 nitrogen and oxygen atoms in total. The van der Waals surface area contributed by atoms with E-state index < -0.39 is 0 Å². The first kappa shape index (κ1) is 14.5. The molecule has 1 saturated carbocycles. The van der Waals surface area contributed by atoms with E-state index in [0.717, 1.165) is 38.8 Å². The molecule has 1 spiro atoms. The van der Waals surface area contributed by atoms with Crippen LogP contribution < -0.4 is 0 Å². The number of rotatable bonds is 3. The Hall–Kier alpha value is -0.860. The highest BCUT2D eigenvalue weighted by molar-refractivity contribution is 5.83. The minimum Gasteiger partial charge on any atom is -0.341 e. The van der Waals surface area contributed by atoms with Crippen LogP contribution in [0, 0.1) is 23.2 Å². The fraction of sp³-hybridized carbons (Fsp3) is 0.875. The van der Waals surface area contributed by atoms with Crippen LogP contribution in [0.25, 0.3) is 0 Å². The number of hydrogen-bond acceptors (Lipinski definition) is 2. The fourth-order valence-electron chi connectivity index (χ4n) is 3.59. The lowest BCUT2D eigenvalue weighted by molar-refractivity contribution is -0.151. The summed E-state index contributed by atoms with van der Waals surface area (Å²) in [6.07, 6.45) is 4.30. The molecule has 2 fully saturated rings. The third-order valence-electron chi connectivity index (χ3n) is 4.88. The van der Waals surface area contributed by atoms with Crippen molar-refractivity contribution in [2.24, 2.45) is 23.2 Å². The van der Waals surface area contributed by atoms with Gasteiger partial charge in [0, 0.05) is 36.3 Å². The van der Waals surface area contributed by atoms with Crippen LogP contribution in [0.1, 0.15) is 53.4 Å². The van der Waals surface area contributed by atoms with Crippen molar-refractivity contribution < 1.29 is 9.59 Å². The van der Waals surface area contributed by atoms with Crippen LogP contribution in [-0.4, -0.2) is 29.7 Å². The maximum atomic E-state index is 12.0. The van der Waals surface area contributed by atoms with Crippen molar-refractivity contribution in [1.82, 2.24) is 4.90 Å². The Bertz CT molecular complexity index is 357. The van der Waals surface area contributed by atoms with Gasteiger partial charge in [-0.1, -0.05) is 27.7 Å². The van der Waals surface area contributed by atoms with E-state index in [9.17, 15) is 9.59 Å². The summed E-state index contributed by atoms with van der Waals surface area (Å²) in [6, 6.07) is 0. The second-order valence-corrected chi connectivity index (χ2v) is 7.18. The highest BCUT2D eigenvalue weighted by Gasteiger charge is 2.47. The van der Waals surface area contributed by atoms with Crippen molar-refractivity contribution in [3.8, 4) is 0 Å². The molecule has 2 aliphatic rings. The van der Waals surface area contributed by atoms with Gasteiger partial charge in [-0.2, -0.15) is 0 Å². The summed E-state index contributed by atoms with van der Waals surface area (Å²) in [5, 5.41) is 0. The number of Topliss-reactive ketones (excluding diaryl/α,β-unsaturated/α-hetero) is 1. The molecule has 108 valence electrons. The molecule has 1 saturated heterocycles. The van der Waals surface area contributed by atoms with Gasteiger partial charge in [-0.3, -0.25) is 9.59 Å². The van der Waals surface area contributed by atoms with E-state index in [4.69, 9.17) is 0 Å². The van der Waals surface area contributed by atoms with Gasteiger partial charge in [0.15, 0.2) is 0 Å². The largest absolute Gasteiger partial charge is 0.341 e. The summed E-state index contributed by atoms with van der Waals surface area (Å²) in [7, 11) is 0. The number of carbonyl (C=O) groups is 2. The summed E-state index contributed by atoms with van der Waals surface area (Å²) < 4.78 is 0. The quantitative estimate of drug-likeness (QED) is 0.787. The van der Waals surface area contributed by atoms with Gasteiger partial charge < -0.3 is 4.90 Å². The zero-order chi connectivity index (χ0) is 14.2. The third kappa shape index (κ3) is 2.85. The lowest BCUT2D eigenvalue weighted by atomic mass is 9.64. The van der Waals surface area contributed by atoms with Crippen LogP contribution in [-0.2, 0) is 9.59 Å². The third-order valence-corrected chi connectivity index (χ3v) is 4.88. The molecular formula is C16H27NO2. The van der Waals surface area contributed by atoms with Gasteiger partial charge in [0.25, 0.3) is 0 Å². The van der Waals surface area contributed by atoms with Crippen molar-refractivity contribution >= 4 is 11.7 Å². The number of ketones is 1. The predicted octanol–water partition coefficient (Wildman–Crippen LogP) is 2.89. The van der Waals surface area contributed by atoms with E-state index in [1.807, 2.05) is 32.6 Å².